The van der Waals surface area contributed by atoms with Crippen molar-refractivity contribution < 1.29 is 4.74 Å². The fraction of sp³-hybridized carbons (Fsp3) is 0.122. The Kier molecular flexibility index (Phi) is 11.3. The van der Waals surface area contributed by atoms with E-state index < -0.39 is 0 Å². The molecular formula is C74H60N4O. The van der Waals surface area contributed by atoms with Gasteiger partial charge in [-0.1, -0.05) is 217 Å². The van der Waals surface area contributed by atoms with Crippen LogP contribution in [-0.2, 0) is 10.8 Å². The van der Waals surface area contributed by atoms with E-state index in [4.69, 9.17) is 9.72 Å². The lowest BCUT2D eigenvalue weighted by atomic mass is 9.78. The summed E-state index contributed by atoms with van der Waals surface area (Å²) in [6, 6.07) is 86.1. The lowest BCUT2D eigenvalue weighted by molar-refractivity contribution is 0.483. The van der Waals surface area contributed by atoms with E-state index in [-0.39, 0.29) is 10.8 Å². The second-order valence-electron chi connectivity index (χ2n) is 23.2. The molecule has 3 aromatic heterocycles. The van der Waals surface area contributed by atoms with Gasteiger partial charge in [0.1, 0.15) is 23.8 Å². The number of aromatic nitrogens is 2. The normalized spacial score (nSPS) is 12.8. The van der Waals surface area contributed by atoms with Crippen molar-refractivity contribution in [2.75, 3.05) is 16.5 Å². The largest absolute Gasteiger partial charge is 0.457 e. The molecule has 1 aliphatic heterocycles. The van der Waals surface area contributed by atoms with Gasteiger partial charge in [-0.05, 0) is 114 Å². The van der Waals surface area contributed by atoms with Crippen molar-refractivity contribution in [2.24, 2.45) is 0 Å². The zero-order chi connectivity index (χ0) is 53.6. The van der Waals surface area contributed by atoms with Crippen molar-refractivity contribution in [1.29, 1.82) is 0 Å². The lowest BCUT2D eigenvalue weighted by Crippen LogP contribution is -2.24. The van der Waals surface area contributed by atoms with Crippen LogP contribution in [0.4, 0.5) is 22.7 Å². The molecule has 382 valence electrons. The number of nitrogens with zero attached hydrogens (tertiary/aromatic N) is 4. The predicted molar refractivity (Wildman–Crippen MR) is 334 cm³/mol. The van der Waals surface area contributed by atoms with E-state index in [1.165, 1.54) is 66.4 Å². The second kappa shape index (κ2) is 18.6. The highest BCUT2D eigenvalue weighted by atomic mass is 16.5. The first-order chi connectivity index (χ1) is 38.5. The van der Waals surface area contributed by atoms with Crippen LogP contribution in [0.3, 0.4) is 0 Å². The smallest absolute Gasteiger partial charge is 0.145 e. The fourth-order valence-electron chi connectivity index (χ4n) is 12.2. The number of hydrogen-bond donors (Lipinski definition) is 0. The molecule has 0 spiro atoms. The molecule has 10 aromatic carbocycles. The molecule has 0 bridgehead atoms. The van der Waals surface area contributed by atoms with Crippen LogP contribution < -0.4 is 14.5 Å². The van der Waals surface area contributed by atoms with Gasteiger partial charge in [-0.3, -0.25) is 4.40 Å². The summed E-state index contributed by atoms with van der Waals surface area (Å²) in [6.07, 6.45) is 1.93. The molecule has 13 aromatic rings. The van der Waals surface area contributed by atoms with Gasteiger partial charge in [0.25, 0.3) is 0 Å². The minimum atomic E-state index is -0.0385. The van der Waals surface area contributed by atoms with Crippen molar-refractivity contribution in [2.45, 2.75) is 52.4 Å². The van der Waals surface area contributed by atoms with Gasteiger partial charge in [-0.2, -0.15) is 0 Å². The van der Waals surface area contributed by atoms with Crippen LogP contribution in [0.15, 0.2) is 243 Å². The summed E-state index contributed by atoms with van der Waals surface area (Å²) in [5, 5.41) is 9.22. The molecule has 0 aliphatic carbocycles. The van der Waals surface area contributed by atoms with Crippen LogP contribution in [0.5, 0.6) is 11.5 Å². The molecule has 79 heavy (non-hydrogen) atoms. The standard InChI is InChI=1S/C74H60N4O/c1-73(2,3)51-42-50(43-52(44-51)74(4,5)6)56-30-18-33-62-64-35-20-34-63-60-40-39-55(46-68(60)78(71(63)64)72-65(36-21-41-75-72)59-28-13-14-29-61(59)69(56)62)79-54-27-17-26-53(45-54)76-47-77(67-38-16-15-37-66(67)76)70-57(48-22-9-7-10-23-48)31-19-32-58(70)49-24-11-8-12-25-49/h7-46H,47H2,1-6H3. The van der Waals surface area contributed by atoms with Crippen molar-refractivity contribution in [1.82, 2.24) is 9.38 Å². The van der Waals surface area contributed by atoms with E-state index in [0.29, 0.717) is 6.67 Å². The Morgan fingerprint density at radius 3 is 1.62 bits per heavy atom. The van der Waals surface area contributed by atoms with Crippen LogP contribution in [0, 0.1) is 0 Å². The highest BCUT2D eigenvalue weighted by molar-refractivity contribution is 6.27. The van der Waals surface area contributed by atoms with Gasteiger partial charge < -0.3 is 14.5 Å². The molecule has 5 nitrogen and oxygen atoms in total. The highest BCUT2D eigenvalue weighted by Crippen LogP contribution is 2.51. The summed E-state index contributed by atoms with van der Waals surface area (Å²) in [6.45, 7) is 14.5. The third-order valence-electron chi connectivity index (χ3n) is 16.2. The SMILES string of the molecule is CC(C)(C)c1cc(-c2cccc3c4cccc5c6ccc(Oc7cccc(N8CN(c9c(-c%10ccccc%10)cccc9-c9ccccc9)c9ccccc98)c7)cc6n(c6ncccc6c6ccccc6c23)c45)cc(C(C)(C)C)c1. The molecule has 0 saturated heterocycles. The van der Waals surface area contributed by atoms with E-state index in [1.54, 1.807) is 0 Å². The Morgan fingerprint density at radius 2 is 0.924 bits per heavy atom. The van der Waals surface area contributed by atoms with E-state index in [2.05, 4.69) is 292 Å². The number of rotatable bonds is 7. The van der Waals surface area contributed by atoms with Crippen LogP contribution in [0.2, 0.25) is 0 Å². The molecule has 0 amide bonds. The quantitative estimate of drug-likeness (QED) is 0.159. The fourth-order valence-corrected chi connectivity index (χ4v) is 12.2. The number of benzene rings is 10. The van der Waals surface area contributed by atoms with E-state index in [0.717, 1.165) is 72.2 Å². The van der Waals surface area contributed by atoms with Crippen LogP contribution in [0.25, 0.3) is 93.2 Å². The van der Waals surface area contributed by atoms with Gasteiger partial charge in [0, 0.05) is 56.7 Å². The van der Waals surface area contributed by atoms with Crippen molar-refractivity contribution in [3.05, 3.63) is 254 Å². The molecule has 0 radical (unpaired) electrons. The number of ether oxygens (including phenoxy) is 1. The first-order valence-electron chi connectivity index (χ1n) is 27.5. The van der Waals surface area contributed by atoms with Crippen molar-refractivity contribution in [3.63, 3.8) is 0 Å². The molecule has 14 rings (SSSR count). The van der Waals surface area contributed by atoms with Gasteiger partial charge >= 0.3 is 0 Å². The third kappa shape index (κ3) is 8.19. The van der Waals surface area contributed by atoms with Crippen LogP contribution in [0.1, 0.15) is 52.7 Å². The summed E-state index contributed by atoms with van der Waals surface area (Å²) in [7, 11) is 0. The minimum Gasteiger partial charge on any atom is -0.457 e. The van der Waals surface area contributed by atoms with Crippen molar-refractivity contribution >= 4 is 82.5 Å². The first kappa shape index (κ1) is 48.0. The van der Waals surface area contributed by atoms with E-state index >= 15 is 0 Å². The maximum absolute atomic E-state index is 7.02. The number of anilines is 4. The maximum Gasteiger partial charge on any atom is 0.145 e. The maximum atomic E-state index is 7.02. The first-order valence-corrected chi connectivity index (χ1v) is 27.5. The molecule has 0 N–H and O–H groups in total. The number of para-hydroxylation sites is 4. The van der Waals surface area contributed by atoms with E-state index in [1.807, 2.05) is 6.20 Å². The molecule has 0 unspecified atom stereocenters. The average molecular weight is 1020 g/mol. The summed E-state index contributed by atoms with van der Waals surface area (Å²) >= 11 is 0. The summed E-state index contributed by atoms with van der Waals surface area (Å²) in [4.78, 5) is 10.2. The Balaban J connectivity index is 0.928. The third-order valence-corrected chi connectivity index (χ3v) is 16.2. The number of hydrogen-bond acceptors (Lipinski definition) is 4. The Hall–Kier alpha value is -9.45. The van der Waals surface area contributed by atoms with Crippen molar-refractivity contribution in [3.8, 4) is 44.9 Å². The van der Waals surface area contributed by atoms with Gasteiger partial charge in [-0.15, -0.1) is 0 Å². The second-order valence-corrected chi connectivity index (χ2v) is 23.2. The molecule has 0 saturated carbocycles. The zero-order valence-electron chi connectivity index (χ0n) is 45.5. The monoisotopic (exact) mass is 1020 g/mol. The molecule has 0 fully saturated rings. The van der Waals surface area contributed by atoms with Crippen LogP contribution in [-0.4, -0.2) is 16.1 Å². The Bertz CT molecular complexity index is 4490. The Labute approximate surface area is 461 Å². The highest BCUT2D eigenvalue weighted by Gasteiger charge is 2.32. The molecule has 4 heterocycles. The molecular weight excluding hydrogens is 961 g/mol. The van der Waals surface area contributed by atoms with Gasteiger partial charge in [0.15, 0.2) is 0 Å². The molecule has 0 atom stereocenters. The number of fused-ring (bicyclic) bond motifs is 11. The van der Waals surface area contributed by atoms with Gasteiger partial charge in [-0.25, -0.2) is 4.98 Å². The summed E-state index contributed by atoms with van der Waals surface area (Å²) in [5.41, 5.74) is 17.3. The summed E-state index contributed by atoms with van der Waals surface area (Å²) in [5.74, 6) is 1.49. The molecule has 1 aliphatic rings. The molecule has 5 heteroatoms. The van der Waals surface area contributed by atoms with Gasteiger partial charge in [0.05, 0.1) is 28.1 Å². The van der Waals surface area contributed by atoms with Crippen LogP contribution >= 0.6 is 0 Å². The summed E-state index contributed by atoms with van der Waals surface area (Å²) < 4.78 is 9.41. The average Bonchev–Trinajstić information content (AvgIpc) is 4.11. The van der Waals surface area contributed by atoms with Gasteiger partial charge in [0.2, 0.25) is 0 Å². The topological polar surface area (TPSA) is 33.0 Å². The number of pyridine rings is 1. The Morgan fingerprint density at radius 1 is 0.392 bits per heavy atom. The zero-order valence-corrected chi connectivity index (χ0v) is 45.5. The van der Waals surface area contributed by atoms with E-state index in [9.17, 15) is 0 Å². The minimum absolute atomic E-state index is 0.0385. The predicted octanol–water partition coefficient (Wildman–Crippen LogP) is 20.3. The lowest BCUT2D eigenvalue weighted by Gasteiger charge is -2.27.